The smallest absolute Gasteiger partial charge is 0.0979 e. The molecule has 2 aromatic rings. The van der Waals surface area contributed by atoms with Gasteiger partial charge >= 0.3 is 0 Å². The van der Waals surface area contributed by atoms with Crippen LogP contribution in [0.5, 0.6) is 0 Å². The van der Waals surface area contributed by atoms with Crippen molar-refractivity contribution >= 4 is 11.3 Å². The molecule has 3 heteroatoms. The molecule has 0 aliphatic carbocycles. The Morgan fingerprint density at radius 3 is 2.40 bits per heavy atom. The molecule has 1 N–H and O–H groups in total. The Morgan fingerprint density at radius 1 is 1.10 bits per heavy atom. The summed E-state index contributed by atoms with van der Waals surface area (Å²) in [5, 5.41) is 11.0. The molecule has 2 nitrogen and oxygen atoms in total. The second-order valence-electron chi connectivity index (χ2n) is 5.49. The topological polar surface area (TPSA) is 29.5 Å². The zero-order valence-electron chi connectivity index (χ0n) is 11.7. The lowest BCUT2D eigenvalue weighted by Crippen LogP contribution is -2.39. The highest BCUT2D eigenvalue weighted by molar-refractivity contribution is 7.12. The van der Waals surface area contributed by atoms with Crippen LogP contribution >= 0.6 is 11.3 Å². The molecular weight excluding hydrogens is 268 g/mol. The molecule has 106 valence electrons. The van der Waals surface area contributed by atoms with Crippen molar-refractivity contribution in [3.8, 4) is 0 Å². The maximum atomic E-state index is 11.0. The highest BCUT2D eigenvalue weighted by atomic mass is 32.1. The van der Waals surface area contributed by atoms with Gasteiger partial charge in [0.15, 0.2) is 0 Å². The third kappa shape index (κ3) is 2.41. The van der Waals surface area contributed by atoms with E-state index in [-0.39, 0.29) is 5.41 Å². The van der Waals surface area contributed by atoms with Crippen molar-refractivity contribution < 1.29 is 9.84 Å². The van der Waals surface area contributed by atoms with E-state index >= 15 is 0 Å². The van der Waals surface area contributed by atoms with Gasteiger partial charge in [-0.05, 0) is 37.5 Å². The monoisotopic (exact) mass is 288 g/mol. The van der Waals surface area contributed by atoms with E-state index in [1.54, 1.807) is 11.3 Å². The average Bonchev–Trinajstić information content (AvgIpc) is 2.94. The molecule has 1 saturated heterocycles. The largest absolute Gasteiger partial charge is 0.387 e. The molecule has 2 heterocycles. The van der Waals surface area contributed by atoms with Crippen LogP contribution in [0.25, 0.3) is 0 Å². The first-order valence-corrected chi connectivity index (χ1v) is 7.92. The summed E-state index contributed by atoms with van der Waals surface area (Å²) in [5.41, 5.74) is 1.01. The van der Waals surface area contributed by atoms with Crippen LogP contribution in [-0.4, -0.2) is 18.3 Å². The van der Waals surface area contributed by atoms with Crippen molar-refractivity contribution in [1.82, 2.24) is 0 Å². The maximum Gasteiger partial charge on any atom is 0.0979 e. The predicted octanol–water partition coefficient (Wildman–Crippen LogP) is 3.84. The average molecular weight is 288 g/mol. The lowest BCUT2D eigenvalue weighted by atomic mass is 9.69. The molecular formula is C17H20O2S. The van der Waals surface area contributed by atoms with E-state index in [4.69, 9.17) is 4.74 Å². The lowest BCUT2D eigenvalue weighted by molar-refractivity contribution is -0.0156. The van der Waals surface area contributed by atoms with E-state index in [1.165, 1.54) is 10.4 Å². The zero-order valence-corrected chi connectivity index (χ0v) is 12.5. The summed E-state index contributed by atoms with van der Waals surface area (Å²) in [6, 6.07) is 14.5. The SMILES string of the molecule is Cc1ccc(C(O)C2(c3ccccc3)CCOCC2)s1. The summed E-state index contributed by atoms with van der Waals surface area (Å²) < 4.78 is 5.53. The molecule has 1 aromatic heterocycles. The van der Waals surface area contributed by atoms with Gasteiger partial charge in [-0.2, -0.15) is 0 Å². The highest BCUT2D eigenvalue weighted by Crippen LogP contribution is 2.46. The van der Waals surface area contributed by atoms with Crippen molar-refractivity contribution in [2.24, 2.45) is 0 Å². The standard InChI is InChI=1S/C17H20O2S/c1-13-7-8-15(20-13)16(18)17(9-11-19-12-10-17)14-5-3-2-4-6-14/h2-8,16,18H,9-12H2,1H3. The fourth-order valence-corrected chi connectivity index (χ4v) is 4.08. The molecule has 1 atom stereocenters. The molecule has 1 unspecified atom stereocenters. The molecule has 0 saturated carbocycles. The van der Waals surface area contributed by atoms with Gasteiger partial charge in [-0.15, -0.1) is 11.3 Å². The van der Waals surface area contributed by atoms with Gasteiger partial charge in [-0.25, -0.2) is 0 Å². The Bertz CT molecular complexity index is 555. The fraction of sp³-hybridized carbons (Fsp3) is 0.412. The lowest BCUT2D eigenvalue weighted by Gasteiger charge is -2.41. The number of aliphatic hydroxyl groups excluding tert-OH is 1. The predicted molar refractivity (Wildman–Crippen MR) is 82.2 cm³/mol. The van der Waals surface area contributed by atoms with Crippen molar-refractivity contribution in [2.45, 2.75) is 31.3 Å². The first kappa shape index (κ1) is 13.8. The number of rotatable bonds is 3. The second-order valence-corrected chi connectivity index (χ2v) is 6.80. The van der Waals surface area contributed by atoms with Crippen LogP contribution in [0.15, 0.2) is 42.5 Å². The summed E-state index contributed by atoms with van der Waals surface area (Å²) in [6.45, 7) is 3.52. The summed E-state index contributed by atoms with van der Waals surface area (Å²) in [7, 11) is 0. The Morgan fingerprint density at radius 2 is 1.80 bits per heavy atom. The van der Waals surface area contributed by atoms with E-state index in [9.17, 15) is 5.11 Å². The second kappa shape index (κ2) is 5.68. The fourth-order valence-electron chi connectivity index (χ4n) is 3.10. The first-order valence-electron chi connectivity index (χ1n) is 7.10. The van der Waals surface area contributed by atoms with Gasteiger partial charge in [0.1, 0.15) is 0 Å². The van der Waals surface area contributed by atoms with E-state index in [0.717, 1.165) is 30.9 Å². The van der Waals surface area contributed by atoms with Gasteiger partial charge in [0.2, 0.25) is 0 Å². The number of aryl methyl sites for hydroxylation is 1. The minimum Gasteiger partial charge on any atom is -0.387 e. The van der Waals surface area contributed by atoms with Crippen LogP contribution in [0.1, 0.15) is 34.3 Å². The molecule has 1 aromatic carbocycles. The molecule has 1 fully saturated rings. The Hall–Kier alpha value is -1.16. The molecule has 1 aliphatic heterocycles. The molecule has 0 amide bonds. The Balaban J connectivity index is 2.01. The number of benzene rings is 1. The number of hydrogen-bond donors (Lipinski definition) is 1. The highest BCUT2D eigenvalue weighted by Gasteiger charge is 2.42. The van der Waals surface area contributed by atoms with Crippen LogP contribution in [0, 0.1) is 6.92 Å². The number of ether oxygens (including phenoxy) is 1. The zero-order chi connectivity index (χ0) is 14.0. The molecule has 20 heavy (non-hydrogen) atoms. The van der Waals surface area contributed by atoms with Crippen molar-refractivity contribution in [3.63, 3.8) is 0 Å². The molecule has 3 rings (SSSR count). The first-order chi connectivity index (χ1) is 9.72. The van der Waals surface area contributed by atoms with Gasteiger partial charge in [0.05, 0.1) is 6.10 Å². The van der Waals surface area contributed by atoms with E-state index in [1.807, 2.05) is 6.07 Å². The molecule has 1 aliphatic rings. The van der Waals surface area contributed by atoms with Gasteiger partial charge < -0.3 is 9.84 Å². The van der Waals surface area contributed by atoms with Gasteiger partial charge in [0.25, 0.3) is 0 Å². The van der Waals surface area contributed by atoms with E-state index in [2.05, 4.69) is 43.3 Å². The summed E-state index contributed by atoms with van der Waals surface area (Å²) in [4.78, 5) is 2.31. The summed E-state index contributed by atoms with van der Waals surface area (Å²) in [6.07, 6.45) is 1.29. The number of hydrogen-bond acceptors (Lipinski definition) is 3. The summed E-state index contributed by atoms with van der Waals surface area (Å²) >= 11 is 1.69. The van der Waals surface area contributed by atoms with Crippen LogP contribution < -0.4 is 0 Å². The van der Waals surface area contributed by atoms with Crippen LogP contribution in [0.2, 0.25) is 0 Å². The van der Waals surface area contributed by atoms with Gasteiger partial charge in [0, 0.05) is 28.4 Å². The quantitative estimate of drug-likeness (QED) is 0.930. The van der Waals surface area contributed by atoms with E-state index < -0.39 is 6.10 Å². The minimum absolute atomic E-state index is 0.212. The Kier molecular flexibility index (Phi) is 3.92. The third-order valence-electron chi connectivity index (χ3n) is 4.29. The summed E-state index contributed by atoms with van der Waals surface area (Å²) in [5.74, 6) is 0. The third-order valence-corrected chi connectivity index (χ3v) is 5.34. The normalized spacial score (nSPS) is 19.7. The maximum absolute atomic E-state index is 11.0. The molecule has 0 radical (unpaired) electrons. The number of thiophene rings is 1. The molecule has 0 spiro atoms. The minimum atomic E-state index is -0.451. The van der Waals surface area contributed by atoms with Gasteiger partial charge in [-0.1, -0.05) is 30.3 Å². The van der Waals surface area contributed by atoms with Crippen LogP contribution in [0.3, 0.4) is 0 Å². The van der Waals surface area contributed by atoms with Crippen LogP contribution in [-0.2, 0) is 10.2 Å². The van der Waals surface area contributed by atoms with Crippen molar-refractivity contribution in [3.05, 3.63) is 57.8 Å². The van der Waals surface area contributed by atoms with Crippen molar-refractivity contribution in [1.29, 1.82) is 0 Å². The van der Waals surface area contributed by atoms with E-state index in [0.29, 0.717) is 0 Å². The van der Waals surface area contributed by atoms with Crippen LogP contribution in [0.4, 0.5) is 0 Å². The van der Waals surface area contributed by atoms with Gasteiger partial charge in [-0.3, -0.25) is 0 Å². The molecule has 0 bridgehead atoms. The Labute approximate surface area is 124 Å². The van der Waals surface area contributed by atoms with Crippen molar-refractivity contribution in [2.75, 3.05) is 13.2 Å². The number of aliphatic hydroxyl groups is 1.